The minimum absolute atomic E-state index is 0.123. The lowest BCUT2D eigenvalue weighted by atomic mass is 10.1. The third-order valence-corrected chi connectivity index (χ3v) is 5.91. The highest BCUT2D eigenvalue weighted by Gasteiger charge is 2.19. The fourth-order valence-corrected chi connectivity index (χ4v) is 4.02. The molecular weight excluding hydrogens is 428 g/mol. The molecule has 164 valence electrons. The number of benzene rings is 1. The molecule has 2 N–H and O–H groups in total. The predicted molar refractivity (Wildman–Crippen MR) is 113 cm³/mol. The quantitative estimate of drug-likeness (QED) is 0.568. The van der Waals surface area contributed by atoms with E-state index in [9.17, 15) is 22.0 Å². The van der Waals surface area contributed by atoms with Crippen LogP contribution < -0.4 is 5.32 Å². The van der Waals surface area contributed by atoms with Gasteiger partial charge in [0.1, 0.15) is 12.5 Å². The van der Waals surface area contributed by atoms with Gasteiger partial charge >= 0.3 is 6.09 Å². The van der Waals surface area contributed by atoms with Gasteiger partial charge in [0.25, 0.3) is 0 Å². The first kappa shape index (κ1) is 22.4. The number of nitrogens with zero attached hydrogens (tertiary/aromatic N) is 2. The molecule has 0 radical (unpaired) electrons. The summed E-state index contributed by atoms with van der Waals surface area (Å²) < 4.78 is 53.3. The summed E-state index contributed by atoms with van der Waals surface area (Å²) in [6.45, 7) is 0.582. The van der Waals surface area contributed by atoms with Gasteiger partial charge in [-0.05, 0) is 42.8 Å². The largest absolute Gasteiger partial charge is 0.465 e. The molecule has 3 rings (SSSR count). The maximum absolute atomic E-state index is 14.5. The van der Waals surface area contributed by atoms with E-state index in [0.717, 1.165) is 12.3 Å². The first-order chi connectivity index (χ1) is 14.6. The molecule has 0 saturated carbocycles. The molecule has 0 aliphatic rings. The van der Waals surface area contributed by atoms with Crippen molar-refractivity contribution in [3.63, 3.8) is 0 Å². The first-order valence-corrected chi connectivity index (χ1v) is 11.2. The van der Waals surface area contributed by atoms with E-state index in [2.05, 4.69) is 10.3 Å². The molecule has 0 aliphatic heterocycles. The number of nitrogens with one attached hydrogen (secondary N) is 1. The Morgan fingerprint density at radius 2 is 2.03 bits per heavy atom. The van der Waals surface area contributed by atoms with Crippen LogP contribution in [0.3, 0.4) is 0 Å². The van der Waals surface area contributed by atoms with Crippen molar-refractivity contribution in [2.45, 2.75) is 25.0 Å². The van der Waals surface area contributed by atoms with Crippen LogP contribution in [0.2, 0.25) is 0 Å². The molecule has 2 heterocycles. The van der Waals surface area contributed by atoms with E-state index < -0.39 is 28.4 Å². The molecule has 0 atom stereocenters. The summed E-state index contributed by atoms with van der Waals surface area (Å²) in [5, 5.41) is 10.7. The number of aromatic nitrogens is 2. The molecule has 0 spiro atoms. The van der Waals surface area contributed by atoms with Gasteiger partial charge < -0.3 is 15.0 Å². The summed E-state index contributed by atoms with van der Waals surface area (Å²) in [4.78, 5) is 15.0. The van der Waals surface area contributed by atoms with Crippen LogP contribution in [0.4, 0.5) is 13.6 Å². The van der Waals surface area contributed by atoms with Crippen molar-refractivity contribution in [1.29, 1.82) is 0 Å². The molecule has 2 aromatic heterocycles. The van der Waals surface area contributed by atoms with Crippen LogP contribution in [0.1, 0.15) is 11.4 Å². The Balaban J connectivity index is 2.16. The van der Waals surface area contributed by atoms with Gasteiger partial charge in [0.05, 0.1) is 28.2 Å². The standard InChI is InChI=1S/C21H21F2N3O4S/c1-13-19(14-4-3-5-17(10-14)31(2,29)30)20-18(7-6-16(11-22)25-20)26(13)12-15(23)8-9-24-21(27)28/h3-8,10,24H,9,11-12H2,1-2H3,(H,27,28). The second-order valence-corrected chi connectivity index (χ2v) is 9.00. The smallest absolute Gasteiger partial charge is 0.404 e. The van der Waals surface area contributed by atoms with Crippen molar-refractivity contribution in [2.75, 3.05) is 12.8 Å². The van der Waals surface area contributed by atoms with Gasteiger partial charge in [-0.25, -0.2) is 27.0 Å². The van der Waals surface area contributed by atoms with Crippen molar-refractivity contribution >= 4 is 27.0 Å². The second-order valence-electron chi connectivity index (χ2n) is 6.99. The number of fused-ring (bicyclic) bond motifs is 1. The highest BCUT2D eigenvalue weighted by Crippen LogP contribution is 2.35. The molecule has 1 amide bonds. The van der Waals surface area contributed by atoms with Crippen molar-refractivity contribution in [3.05, 3.63) is 59.7 Å². The van der Waals surface area contributed by atoms with Gasteiger partial charge in [-0.2, -0.15) is 0 Å². The van der Waals surface area contributed by atoms with E-state index >= 15 is 0 Å². The Morgan fingerprint density at radius 1 is 1.29 bits per heavy atom. The molecule has 0 fully saturated rings. The van der Waals surface area contributed by atoms with E-state index in [0.29, 0.717) is 27.9 Å². The summed E-state index contributed by atoms with van der Waals surface area (Å²) in [6, 6.07) is 9.44. The zero-order valence-corrected chi connectivity index (χ0v) is 17.7. The number of carbonyl (C=O) groups is 1. The van der Waals surface area contributed by atoms with Gasteiger partial charge in [-0.3, -0.25) is 0 Å². The lowest BCUT2D eigenvalue weighted by molar-refractivity contribution is 0.195. The van der Waals surface area contributed by atoms with Crippen molar-refractivity contribution < 1.29 is 27.1 Å². The molecule has 0 unspecified atom stereocenters. The van der Waals surface area contributed by atoms with Gasteiger partial charge in [0.15, 0.2) is 9.84 Å². The lowest BCUT2D eigenvalue weighted by Crippen LogP contribution is -2.20. The zero-order chi connectivity index (χ0) is 22.8. The lowest BCUT2D eigenvalue weighted by Gasteiger charge is -2.08. The van der Waals surface area contributed by atoms with E-state index in [4.69, 9.17) is 5.11 Å². The Morgan fingerprint density at radius 3 is 2.68 bits per heavy atom. The zero-order valence-electron chi connectivity index (χ0n) is 16.9. The molecule has 0 bridgehead atoms. The molecule has 1 aromatic carbocycles. The van der Waals surface area contributed by atoms with Crippen LogP contribution in [0, 0.1) is 6.92 Å². The van der Waals surface area contributed by atoms with Crippen molar-refractivity contribution in [1.82, 2.24) is 14.9 Å². The minimum Gasteiger partial charge on any atom is -0.465 e. The third kappa shape index (κ3) is 4.91. The predicted octanol–water partition coefficient (Wildman–Crippen LogP) is 4.01. The Kier molecular flexibility index (Phi) is 6.40. The van der Waals surface area contributed by atoms with Gasteiger partial charge in [0, 0.05) is 24.1 Å². The number of alkyl halides is 1. The molecule has 7 nitrogen and oxygen atoms in total. The fourth-order valence-electron chi connectivity index (χ4n) is 3.35. The van der Waals surface area contributed by atoms with E-state index in [1.165, 1.54) is 18.2 Å². The Bertz CT molecular complexity index is 1280. The van der Waals surface area contributed by atoms with E-state index in [-0.39, 0.29) is 23.7 Å². The number of carboxylic acid groups (broad SMARTS) is 1. The van der Waals surface area contributed by atoms with Crippen molar-refractivity contribution in [2.24, 2.45) is 0 Å². The normalized spacial score (nSPS) is 12.3. The maximum Gasteiger partial charge on any atom is 0.404 e. The Hall–Kier alpha value is -3.27. The highest BCUT2D eigenvalue weighted by atomic mass is 32.2. The molecule has 0 saturated heterocycles. The average Bonchev–Trinajstić information content (AvgIpc) is 2.97. The second kappa shape index (κ2) is 8.84. The summed E-state index contributed by atoms with van der Waals surface area (Å²) >= 11 is 0. The van der Waals surface area contributed by atoms with Crippen LogP contribution in [-0.2, 0) is 23.1 Å². The highest BCUT2D eigenvalue weighted by molar-refractivity contribution is 7.90. The molecular formula is C21H21F2N3O4S. The molecule has 31 heavy (non-hydrogen) atoms. The molecule has 10 heteroatoms. The number of sulfone groups is 1. The number of pyridine rings is 1. The number of halogens is 2. The first-order valence-electron chi connectivity index (χ1n) is 9.28. The molecule has 3 aromatic rings. The van der Waals surface area contributed by atoms with Crippen LogP contribution in [0.5, 0.6) is 0 Å². The van der Waals surface area contributed by atoms with Crippen LogP contribution in [0.15, 0.2) is 53.2 Å². The summed E-state index contributed by atoms with van der Waals surface area (Å²) in [7, 11) is -3.45. The third-order valence-electron chi connectivity index (χ3n) is 4.80. The number of rotatable bonds is 7. The fraction of sp³-hybridized carbons (Fsp3) is 0.238. The van der Waals surface area contributed by atoms with Crippen LogP contribution >= 0.6 is 0 Å². The Labute approximate surface area is 178 Å². The minimum atomic E-state index is -3.45. The molecule has 0 aliphatic carbocycles. The SMILES string of the molecule is Cc1c(-c2cccc(S(C)(=O)=O)c2)c2nc(CF)ccc2n1CC(F)=CCNC(=O)O. The van der Waals surface area contributed by atoms with E-state index in [1.807, 2.05) is 0 Å². The maximum atomic E-state index is 14.5. The van der Waals surface area contributed by atoms with Crippen LogP contribution in [0.25, 0.3) is 22.2 Å². The number of amides is 1. The average molecular weight is 449 g/mol. The van der Waals surface area contributed by atoms with Gasteiger partial charge in [0.2, 0.25) is 0 Å². The summed E-state index contributed by atoms with van der Waals surface area (Å²) in [6.07, 6.45) is 0.961. The number of allylic oxidation sites excluding steroid dienone is 1. The summed E-state index contributed by atoms with van der Waals surface area (Å²) in [5.74, 6) is -0.570. The van der Waals surface area contributed by atoms with Gasteiger partial charge in [-0.1, -0.05) is 12.1 Å². The van der Waals surface area contributed by atoms with E-state index in [1.54, 1.807) is 29.7 Å². The van der Waals surface area contributed by atoms with Crippen molar-refractivity contribution in [3.8, 4) is 11.1 Å². The summed E-state index contributed by atoms with van der Waals surface area (Å²) in [5.41, 5.74) is 2.92. The topological polar surface area (TPSA) is 101 Å². The monoisotopic (exact) mass is 449 g/mol. The van der Waals surface area contributed by atoms with Gasteiger partial charge in [-0.15, -0.1) is 0 Å². The number of hydrogen-bond donors (Lipinski definition) is 2. The number of hydrogen-bond acceptors (Lipinski definition) is 4. The van der Waals surface area contributed by atoms with Crippen LogP contribution in [-0.4, -0.2) is 42.0 Å².